The number of benzene rings is 1. The second-order valence-electron chi connectivity index (χ2n) is 6.00. The molecule has 1 heterocycles. The molecule has 0 spiro atoms. The van der Waals surface area contributed by atoms with Crippen LogP contribution in [0, 0.1) is 6.92 Å². The quantitative estimate of drug-likeness (QED) is 0.798. The summed E-state index contributed by atoms with van der Waals surface area (Å²) in [4.78, 5) is 14.9. The van der Waals surface area contributed by atoms with Crippen LogP contribution in [0.4, 0.5) is 0 Å². The lowest BCUT2D eigenvalue weighted by Gasteiger charge is -2.37. The van der Waals surface area contributed by atoms with Crippen molar-refractivity contribution in [3.63, 3.8) is 0 Å². The summed E-state index contributed by atoms with van der Waals surface area (Å²) >= 11 is 0. The first-order chi connectivity index (χ1) is 10.2. The van der Waals surface area contributed by atoms with Crippen molar-refractivity contribution in [2.75, 3.05) is 26.8 Å². The summed E-state index contributed by atoms with van der Waals surface area (Å²) in [6.45, 7) is 4.05. The summed E-state index contributed by atoms with van der Waals surface area (Å²) < 4.78 is 11.2. The number of ketones is 1. The van der Waals surface area contributed by atoms with Gasteiger partial charge in [-0.2, -0.15) is 0 Å². The van der Waals surface area contributed by atoms with Crippen LogP contribution in [-0.2, 0) is 4.74 Å². The number of hydrogen-bond donors (Lipinski definition) is 0. The molecule has 1 aliphatic heterocycles. The summed E-state index contributed by atoms with van der Waals surface area (Å²) in [6.07, 6.45) is 3.80. The van der Waals surface area contributed by atoms with Gasteiger partial charge in [0, 0.05) is 12.6 Å². The Hall–Kier alpha value is -1.39. The molecule has 2 aliphatic rings. The molecular weight excluding hydrogens is 266 g/mol. The molecular formula is C17H23NO3. The number of ether oxygens (including phenoxy) is 2. The molecule has 2 fully saturated rings. The van der Waals surface area contributed by atoms with Crippen molar-refractivity contribution in [3.8, 4) is 5.75 Å². The lowest BCUT2D eigenvalue weighted by molar-refractivity contribution is -0.0522. The van der Waals surface area contributed by atoms with Crippen LogP contribution in [0.3, 0.4) is 0 Å². The Balaban J connectivity index is 1.74. The van der Waals surface area contributed by atoms with E-state index in [1.807, 2.05) is 25.1 Å². The predicted octanol–water partition coefficient (Wildman–Crippen LogP) is 2.44. The second kappa shape index (κ2) is 6.16. The standard InChI is InChI=1S/C17H23NO3/c1-12-6-7-13(17(10-12)20-2)15(19)11-18-8-9-21-16-5-3-4-14(16)18/h6-7,10,14,16H,3-5,8-9,11H2,1-2H3. The number of Topliss-reactive ketones (excluding diaryl/α,β-unsaturated/α-hetero) is 1. The first-order valence-electron chi connectivity index (χ1n) is 7.72. The molecule has 1 aliphatic carbocycles. The zero-order valence-corrected chi connectivity index (χ0v) is 12.8. The summed E-state index contributed by atoms with van der Waals surface area (Å²) in [5.74, 6) is 0.815. The Morgan fingerprint density at radius 2 is 2.29 bits per heavy atom. The molecule has 21 heavy (non-hydrogen) atoms. The Morgan fingerprint density at radius 1 is 1.43 bits per heavy atom. The number of rotatable bonds is 4. The number of nitrogens with zero attached hydrogens (tertiary/aromatic N) is 1. The van der Waals surface area contributed by atoms with E-state index < -0.39 is 0 Å². The van der Waals surface area contributed by atoms with Gasteiger partial charge in [-0.15, -0.1) is 0 Å². The third-order valence-corrected chi connectivity index (χ3v) is 4.60. The van der Waals surface area contributed by atoms with E-state index in [9.17, 15) is 4.79 Å². The van der Waals surface area contributed by atoms with Crippen LogP contribution < -0.4 is 4.74 Å². The molecule has 0 bridgehead atoms. The topological polar surface area (TPSA) is 38.8 Å². The highest BCUT2D eigenvalue weighted by molar-refractivity contribution is 6.00. The van der Waals surface area contributed by atoms with E-state index in [1.54, 1.807) is 7.11 Å². The van der Waals surface area contributed by atoms with Gasteiger partial charge in [0.1, 0.15) is 5.75 Å². The molecule has 0 amide bonds. The van der Waals surface area contributed by atoms with Gasteiger partial charge in [-0.1, -0.05) is 6.07 Å². The molecule has 2 unspecified atom stereocenters. The van der Waals surface area contributed by atoms with E-state index >= 15 is 0 Å². The highest BCUT2D eigenvalue weighted by Gasteiger charge is 2.36. The van der Waals surface area contributed by atoms with Gasteiger partial charge in [0.05, 0.1) is 31.9 Å². The van der Waals surface area contributed by atoms with E-state index in [4.69, 9.17) is 9.47 Å². The van der Waals surface area contributed by atoms with Gasteiger partial charge in [0.2, 0.25) is 0 Å². The molecule has 3 rings (SSSR count). The highest BCUT2D eigenvalue weighted by atomic mass is 16.5. The number of carbonyl (C=O) groups excluding carboxylic acids is 1. The molecule has 0 radical (unpaired) electrons. The first kappa shape index (κ1) is 14.5. The first-order valence-corrected chi connectivity index (χ1v) is 7.72. The molecule has 4 heteroatoms. The maximum absolute atomic E-state index is 12.6. The molecule has 1 aromatic rings. The third-order valence-electron chi connectivity index (χ3n) is 4.60. The smallest absolute Gasteiger partial charge is 0.180 e. The van der Waals surface area contributed by atoms with Gasteiger partial charge in [-0.25, -0.2) is 0 Å². The number of carbonyl (C=O) groups is 1. The van der Waals surface area contributed by atoms with Crippen LogP contribution in [0.5, 0.6) is 5.75 Å². The van der Waals surface area contributed by atoms with E-state index in [0.717, 1.165) is 31.6 Å². The zero-order chi connectivity index (χ0) is 14.8. The van der Waals surface area contributed by atoms with E-state index in [-0.39, 0.29) is 5.78 Å². The SMILES string of the molecule is COc1cc(C)ccc1C(=O)CN1CCOC2CCCC21. The molecule has 0 aromatic heterocycles. The second-order valence-corrected chi connectivity index (χ2v) is 6.00. The Kier molecular flexibility index (Phi) is 4.27. The minimum atomic E-state index is 0.138. The van der Waals surface area contributed by atoms with Crippen LogP contribution in [0.15, 0.2) is 18.2 Å². The van der Waals surface area contributed by atoms with Crippen molar-refractivity contribution in [3.05, 3.63) is 29.3 Å². The van der Waals surface area contributed by atoms with Crippen molar-refractivity contribution in [1.29, 1.82) is 0 Å². The van der Waals surface area contributed by atoms with Crippen LogP contribution in [0.1, 0.15) is 35.2 Å². The third kappa shape index (κ3) is 2.97. The lowest BCUT2D eigenvalue weighted by Crippen LogP contribution is -2.50. The van der Waals surface area contributed by atoms with Crippen LogP contribution >= 0.6 is 0 Å². The summed E-state index contributed by atoms with van der Waals surface area (Å²) in [7, 11) is 1.62. The van der Waals surface area contributed by atoms with Gasteiger partial charge in [0.25, 0.3) is 0 Å². The normalized spacial score (nSPS) is 25.6. The van der Waals surface area contributed by atoms with Crippen LogP contribution in [0.2, 0.25) is 0 Å². The van der Waals surface area contributed by atoms with Crippen molar-refractivity contribution >= 4 is 5.78 Å². The van der Waals surface area contributed by atoms with Crippen molar-refractivity contribution in [2.45, 2.75) is 38.3 Å². The van der Waals surface area contributed by atoms with E-state index in [1.165, 1.54) is 6.42 Å². The van der Waals surface area contributed by atoms with Gasteiger partial charge in [-0.3, -0.25) is 9.69 Å². The van der Waals surface area contributed by atoms with E-state index in [2.05, 4.69) is 4.90 Å². The Labute approximate surface area is 126 Å². The average Bonchev–Trinajstić information content (AvgIpc) is 2.96. The van der Waals surface area contributed by atoms with Crippen LogP contribution in [0.25, 0.3) is 0 Å². The van der Waals surface area contributed by atoms with Crippen molar-refractivity contribution in [2.24, 2.45) is 0 Å². The van der Waals surface area contributed by atoms with Crippen molar-refractivity contribution in [1.82, 2.24) is 4.90 Å². The molecule has 4 nitrogen and oxygen atoms in total. The number of morpholine rings is 1. The predicted molar refractivity (Wildman–Crippen MR) is 81.0 cm³/mol. The number of fused-ring (bicyclic) bond motifs is 1. The molecule has 1 saturated carbocycles. The molecule has 114 valence electrons. The average molecular weight is 289 g/mol. The number of hydrogen-bond acceptors (Lipinski definition) is 4. The lowest BCUT2D eigenvalue weighted by atomic mass is 10.0. The number of aryl methyl sites for hydroxylation is 1. The summed E-state index contributed by atoms with van der Waals surface area (Å²) in [5, 5.41) is 0. The molecule has 1 aromatic carbocycles. The number of methoxy groups -OCH3 is 1. The fourth-order valence-electron chi connectivity index (χ4n) is 3.50. The maximum atomic E-state index is 12.6. The molecule has 2 atom stereocenters. The van der Waals surface area contributed by atoms with Gasteiger partial charge < -0.3 is 9.47 Å². The van der Waals surface area contributed by atoms with E-state index in [0.29, 0.717) is 30.0 Å². The molecule has 0 N–H and O–H groups in total. The minimum absolute atomic E-state index is 0.138. The maximum Gasteiger partial charge on any atom is 0.180 e. The Morgan fingerprint density at radius 3 is 3.10 bits per heavy atom. The minimum Gasteiger partial charge on any atom is -0.496 e. The fourth-order valence-corrected chi connectivity index (χ4v) is 3.50. The van der Waals surface area contributed by atoms with Crippen LogP contribution in [-0.4, -0.2) is 49.6 Å². The summed E-state index contributed by atoms with van der Waals surface area (Å²) in [6, 6.07) is 6.18. The van der Waals surface area contributed by atoms with Gasteiger partial charge in [0.15, 0.2) is 5.78 Å². The highest BCUT2D eigenvalue weighted by Crippen LogP contribution is 2.30. The monoisotopic (exact) mass is 289 g/mol. The molecule has 1 saturated heterocycles. The zero-order valence-electron chi connectivity index (χ0n) is 12.8. The largest absolute Gasteiger partial charge is 0.496 e. The fraction of sp³-hybridized carbons (Fsp3) is 0.588. The van der Waals surface area contributed by atoms with Gasteiger partial charge >= 0.3 is 0 Å². The Bertz CT molecular complexity index is 529. The van der Waals surface area contributed by atoms with Crippen molar-refractivity contribution < 1.29 is 14.3 Å². The summed E-state index contributed by atoms with van der Waals surface area (Å²) in [5.41, 5.74) is 1.79. The van der Waals surface area contributed by atoms with Gasteiger partial charge in [-0.05, 0) is 43.9 Å².